The van der Waals surface area contributed by atoms with Gasteiger partial charge < -0.3 is 20.1 Å². The molecule has 0 saturated carbocycles. The van der Waals surface area contributed by atoms with Crippen molar-refractivity contribution in [3.63, 3.8) is 0 Å². The van der Waals surface area contributed by atoms with E-state index in [1.54, 1.807) is 56.7 Å². The average molecular weight is 431 g/mol. The number of ether oxygens (including phenoxy) is 2. The van der Waals surface area contributed by atoms with Crippen LogP contribution >= 0.6 is 22.9 Å². The maximum atomic E-state index is 12.6. The Morgan fingerprint density at radius 3 is 2.48 bits per heavy atom. The minimum Gasteiger partial charge on any atom is -0.493 e. The first-order chi connectivity index (χ1) is 14.0. The first kappa shape index (κ1) is 20.7. The van der Waals surface area contributed by atoms with Gasteiger partial charge in [0, 0.05) is 12.1 Å². The van der Waals surface area contributed by atoms with Gasteiger partial charge in [-0.2, -0.15) is 0 Å². The highest BCUT2D eigenvalue weighted by atomic mass is 35.5. The van der Waals surface area contributed by atoms with Crippen LogP contribution in [0.4, 0.5) is 5.69 Å². The molecule has 0 radical (unpaired) electrons. The minimum atomic E-state index is -0.289. The summed E-state index contributed by atoms with van der Waals surface area (Å²) in [5.74, 6) is 0.642. The van der Waals surface area contributed by atoms with E-state index in [1.165, 1.54) is 11.3 Å². The van der Waals surface area contributed by atoms with Gasteiger partial charge in [-0.3, -0.25) is 9.59 Å². The lowest BCUT2D eigenvalue weighted by atomic mass is 10.1. The molecule has 2 aromatic carbocycles. The Bertz CT molecular complexity index is 1020. The van der Waals surface area contributed by atoms with Gasteiger partial charge in [0.15, 0.2) is 11.5 Å². The fourth-order valence-corrected chi connectivity index (χ4v) is 3.41. The molecule has 8 heteroatoms. The predicted molar refractivity (Wildman–Crippen MR) is 114 cm³/mol. The highest BCUT2D eigenvalue weighted by Crippen LogP contribution is 2.28. The standard InChI is InChI=1S/C21H19ClN2O4S/c1-27-17-8-5-13(10-18(17)28-2)12-23-20(25)14-6-7-15(22)16(11-14)24-21(26)19-4-3-9-29-19/h3-11H,12H2,1-2H3,(H,23,25)(H,24,26). The Balaban J connectivity index is 1.69. The normalized spacial score (nSPS) is 10.3. The van der Waals surface area contributed by atoms with Gasteiger partial charge in [-0.25, -0.2) is 0 Å². The van der Waals surface area contributed by atoms with E-state index in [2.05, 4.69) is 10.6 Å². The number of amides is 2. The highest BCUT2D eigenvalue weighted by Gasteiger charge is 2.13. The van der Waals surface area contributed by atoms with Crippen LogP contribution in [-0.2, 0) is 6.54 Å². The summed E-state index contributed by atoms with van der Waals surface area (Å²) in [5, 5.41) is 7.75. The quantitative estimate of drug-likeness (QED) is 0.574. The molecule has 0 unspecified atom stereocenters. The SMILES string of the molecule is COc1ccc(CNC(=O)c2ccc(Cl)c(NC(=O)c3cccs3)c2)cc1OC. The zero-order valence-electron chi connectivity index (χ0n) is 15.8. The van der Waals surface area contributed by atoms with E-state index >= 15 is 0 Å². The zero-order chi connectivity index (χ0) is 20.8. The van der Waals surface area contributed by atoms with E-state index in [1.807, 2.05) is 11.4 Å². The molecule has 3 aromatic rings. The smallest absolute Gasteiger partial charge is 0.265 e. The second-order valence-electron chi connectivity index (χ2n) is 6.00. The summed E-state index contributed by atoms with van der Waals surface area (Å²) in [6.45, 7) is 0.304. The Hall–Kier alpha value is -3.03. The van der Waals surface area contributed by atoms with E-state index in [4.69, 9.17) is 21.1 Å². The van der Waals surface area contributed by atoms with Crippen LogP contribution in [0.25, 0.3) is 0 Å². The molecule has 0 aliphatic carbocycles. The molecule has 0 fully saturated rings. The molecule has 2 amide bonds. The van der Waals surface area contributed by atoms with Crippen LogP contribution < -0.4 is 20.1 Å². The summed E-state index contributed by atoms with van der Waals surface area (Å²) in [6.07, 6.45) is 0. The summed E-state index contributed by atoms with van der Waals surface area (Å²) in [7, 11) is 3.12. The van der Waals surface area contributed by atoms with Crippen LogP contribution in [-0.4, -0.2) is 26.0 Å². The molecule has 0 aliphatic rings. The van der Waals surface area contributed by atoms with Gasteiger partial charge in [0.25, 0.3) is 11.8 Å². The number of methoxy groups -OCH3 is 2. The van der Waals surface area contributed by atoms with Crippen molar-refractivity contribution in [2.75, 3.05) is 19.5 Å². The second kappa shape index (κ2) is 9.45. The third-order valence-corrected chi connectivity index (χ3v) is 5.32. The maximum absolute atomic E-state index is 12.6. The van der Waals surface area contributed by atoms with Crippen LogP contribution in [0.3, 0.4) is 0 Å². The fraction of sp³-hybridized carbons (Fsp3) is 0.143. The lowest BCUT2D eigenvalue weighted by molar-refractivity contribution is 0.0949. The fourth-order valence-electron chi connectivity index (χ4n) is 2.63. The van der Waals surface area contributed by atoms with Crippen molar-refractivity contribution < 1.29 is 19.1 Å². The first-order valence-corrected chi connectivity index (χ1v) is 9.91. The van der Waals surface area contributed by atoms with Gasteiger partial charge in [0.05, 0.1) is 29.8 Å². The molecule has 0 aliphatic heterocycles. The number of halogens is 1. The zero-order valence-corrected chi connectivity index (χ0v) is 17.4. The van der Waals surface area contributed by atoms with E-state index in [0.717, 1.165) is 5.56 Å². The Labute approximate surface area is 177 Å². The molecule has 2 N–H and O–H groups in total. The number of carbonyl (C=O) groups excluding carboxylic acids is 2. The van der Waals surface area contributed by atoms with Crippen molar-refractivity contribution in [2.24, 2.45) is 0 Å². The van der Waals surface area contributed by atoms with Gasteiger partial charge in [-0.15, -0.1) is 11.3 Å². The second-order valence-corrected chi connectivity index (χ2v) is 7.35. The monoisotopic (exact) mass is 430 g/mol. The Morgan fingerprint density at radius 2 is 1.79 bits per heavy atom. The van der Waals surface area contributed by atoms with Crippen LogP contribution in [0.5, 0.6) is 11.5 Å². The largest absolute Gasteiger partial charge is 0.493 e. The summed E-state index contributed by atoms with van der Waals surface area (Å²) in [5.41, 5.74) is 1.62. The molecule has 0 spiro atoms. The van der Waals surface area contributed by atoms with Crippen molar-refractivity contribution in [2.45, 2.75) is 6.54 Å². The molecule has 150 valence electrons. The Morgan fingerprint density at radius 1 is 1.00 bits per heavy atom. The average Bonchev–Trinajstić information content (AvgIpc) is 3.28. The maximum Gasteiger partial charge on any atom is 0.265 e. The molecule has 0 saturated heterocycles. The number of anilines is 1. The van der Waals surface area contributed by atoms with E-state index in [-0.39, 0.29) is 11.8 Å². The molecular weight excluding hydrogens is 412 g/mol. The van der Waals surface area contributed by atoms with Crippen molar-refractivity contribution >= 4 is 40.4 Å². The molecule has 1 heterocycles. The van der Waals surface area contributed by atoms with Crippen molar-refractivity contribution in [3.8, 4) is 11.5 Å². The number of nitrogens with one attached hydrogen (secondary N) is 2. The molecule has 3 rings (SSSR count). The summed E-state index contributed by atoms with van der Waals surface area (Å²) < 4.78 is 10.5. The number of hydrogen-bond acceptors (Lipinski definition) is 5. The number of rotatable bonds is 7. The van der Waals surface area contributed by atoms with Crippen molar-refractivity contribution in [1.29, 1.82) is 0 Å². The van der Waals surface area contributed by atoms with Crippen LogP contribution in [0, 0.1) is 0 Å². The third kappa shape index (κ3) is 5.07. The highest BCUT2D eigenvalue weighted by molar-refractivity contribution is 7.12. The molecule has 0 atom stereocenters. The molecule has 29 heavy (non-hydrogen) atoms. The predicted octanol–water partition coefficient (Wildman–Crippen LogP) is 4.60. The van der Waals surface area contributed by atoms with Crippen LogP contribution in [0.15, 0.2) is 53.9 Å². The van der Waals surface area contributed by atoms with Gasteiger partial charge in [-0.1, -0.05) is 23.7 Å². The van der Waals surface area contributed by atoms with Crippen LogP contribution in [0.2, 0.25) is 5.02 Å². The summed E-state index contributed by atoms with van der Waals surface area (Å²) in [6, 6.07) is 13.7. The molecule has 0 bridgehead atoms. The lowest BCUT2D eigenvalue weighted by Crippen LogP contribution is -2.23. The van der Waals surface area contributed by atoms with Gasteiger partial charge >= 0.3 is 0 Å². The van der Waals surface area contributed by atoms with Crippen LogP contribution in [0.1, 0.15) is 25.6 Å². The number of benzene rings is 2. The molecule has 6 nitrogen and oxygen atoms in total. The number of carbonyl (C=O) groups is 2. The molecule has 1 aromatic heterocycles. The van der Waals surface area contributed by atoms with Gasteiger partial charge in [0.1, 0.15) is 0 Å². The van der Waals surface area contributed by atoms with Gasteiger partial charge in [-0.05, 0) is 47.3 Å². The number of hydrogen-bond donors (Lipinski definition) is 2. The first-order valence-electron chi connectivity index (χ1n) is 8.65. The van der Waals surface area contributed by atoms with Crippen molar-refractivity contribution in [1.82, 2.24) is 5.32 Å². The third-order valence-electron chi connectivity index (χ3n) is 4.12. The van der Waals surface area contributed by atoms with E-state index in [9.17, 15) is 9.59 Å². The minimum absolute atomic E-state index is 0.273. The van der Waals surface area contributed by atoms with Gasteiger partial charge in [0.2, 0.25) is 0 Å². The van der Waals surface area contributed by atoms with E-state index in [0.29, 0.717) is 39.2 Å². The van der Waals surface area contributed by atoms with Crippen molar-refractivity contribution in [3.05, 3.63) is 74.9 Å². The number of thiophene rings is 1. The summed E-state index contributed by atoms with van der Waals surface area (Å²) in [4.78, 5) is 25.4. The summed E-state index contributed by atoms with van der Waals surface area (Å²) >= 11 is 7.50. The topological polar surface area (TPSA) is 76.7 Å². The molecular formula is C21H19ClN2O4S. The lowest BCUT2D eigenvalue weighted by Gasteiger charge is -2.11. The Kier molecular flexibility index (Phi) is 6.74. The van der Waals surface area contributed by atoms with E-state index < -0.39 is 0 Å².